The maximum Gasteiger partial charge on any atom is 0.322 e. The van der Waals surface area contributed by atoms with E-state index in [2.05, 4.69) is 15.5 Å². The second kappa shape index (κ2) is 8.86. The molecule has 0 atom stereocenters. The van der Waals surface area contributed by atoms with Crippen molar-refractivity contribution in [1.82, 2.24) is 14.5 Å². The second-order valence-corrected chi connectivity index (χ2v) is 9.02. The molecule has 31 heavy (non-hydrogen) atoms. The summed E-state index contributed by atoms with van der Waals surface area (Å²) in [4.78, 5) is 12.7. The van der Waals surface area contributed by atoms with Crippen LogP contribution in [0.3, 0.4) is 0 Å². The Morgan fingerprint density at radius 1 is 1.00 bits per heavy atom. The summed E-state index contributed by atoms with van der Waals surface area (Å²) in [5, 5.41) is 10.3. The molecule has 9 nitrogen and oxygen atoms in total. The second-order valence-electron chi connectivity index (χ2n) is 7.08. The number of anilines is 1. The third-order valence-electron chi connectivity index (χ3n) is 5.05. The van der Waals surface area contributed by atoms with E-state index in [0.717, 1.165) is 19.3 Å². The number of hydrogen-bond donors (Lipinski definition) is 1. The van der Waals surface area contributed by atoms with E-state index in [4.69, 9.17) is 9.15 Å². The molecule has 1 N–H and O–H groups in total. The highest BCUT2D eigenvalue weighted by atomic mass is 32.2. The van der Waals surface area contributed by atoms with Gasteiger partial charge in [-0.05, 0) is 61.4 Å². The number of hydrogen-bond acceptors (Lipinski definition) is 7. The molecule has 0 aliphatic carbocycles. The van der Waals surface area contributed by atoms with Crippen LogP contribution in [0.5, 0.6) is 5.75 Å². The SMILES string of the molecule is COc1ccc(-c2nnc(NC(=O)c3ccc(S(=O)(=O)N4CCCCC4)cc3)o2)cc1. The fourth-order valence-corrected chi connectivity index (χ4v) is 4.84. The van der Waals surface area contributed by atoms with Gasteiger partial charge in [-0.2, -0.15) is 4.31 Å². The highest BCUT2D eigenvalue weighted by Gasteiger charge is 2.26. The molecule has 1 aliphatic heterocycles. The van der Waals surface area contributed by atoms with Crippen molar-refractivity contribution in [3.8, 4) is 17.2 Å². The van der Waals surface area contributed by atoms with Gasteiger partial charge < -0.3 is 9.15 Å². The van der Waals surface area contributed by atoms with Gasteiger partial charge >= 0.3 is 6.01 Å². The van der Waals surface area contributed by atoms with Crippen LogP contribution in [0.25, 0.3) is 11.5 Å². The van der Waals surface area contributed by atoms with Crippen LogP contribution >= 0.6 is 0 Å². The van der Waals surface area contributed by atoms with Gasteiger partial charge in [0.15, 0.2) is 0 Å². The smallest absolute Gasteiger partial charge is 0.322 e. The van der Waals surface area contributed by atoms with Crippen LogP contribution in [0, 0.1) is 0 Å². The summed E-state index contributed by atoms with van der Waals surface area (Å²) in [7, 11) is -1.97. The molecular formula is C21H22N4O5S. The number of amides is 1. The van der Waals surface area contributed by atoms with Crippen LogP contribution in [0.2, 0.25) is 0 Å². The molecule has 4 rings (SSSR count). The third kappa shape index (κ3) is 4.59. The zero-order valence-corrected chi connectivity index (χ0v) is 17.8. The first-order valence-corrected chi connectivity index (χ1v) is 11.3. The quantitative estimate of drug-likeness (QED) is 0.623. The average molecular weight is 442 g/mol. The number of piperidine rings is 1. The number of carbonyl (C=O) groups excluding carboxylic acids is 1. The van der Waals surface area contributed by atoms with E-state index in [-0.39, 0.29) is 22.4 Å². The molecule has 1 aliphatic rings. The molecule has 10 heteroatoms. The van der Waals surface area contributed by atoms with Crippen LogP contribution in [0.1, 0.15) is 29.6 Å². The Labute approximate surface area is 180 Å². The molecule has 0 bridgehead atoms. The molecule has 2 aromatic carbocycles. The fraction of sp³-hybridized carbons (Fsp3) is 0.286. The van der Waals surface area contributed by atoms with E-state index < -0.39 is 15.9 Å². The summed E-state index contributed by atoms with van der Waals surface area (Å²) >= 11 is 0. The zero-order chi connectivity index (χ0) is 21.8. The number of methoxy groups -OCH3 is 1. The van der Waals surface area contributed by atoms with E-state index in [1.807, 2.05) is 0 Å². The number of sulfonamides is 1. The normalized spacial score (nSPS) is 14.9. The van der Waals surface area contributed by atoms with Crippen LogP contribution in [0.15, 0.2) is 57.8 Å². The lowest BCUT2D eigenvalue weighted by molar-refractivity contribution is 0.102. The van der Waals surface area contributed by atoms with E-state index in [1.165, 1.54) is 28.6 Å². The minimum absolute atomic E-state index is 0.0548. The summed E-state index contributed by atoms with van der Waals surface area (Å²) in [5.41, 5.74) is 0.961. The van der Waals surface area contributed by atoms with E-state index in [0.29, 0.717) is 24.4 Å². The minimum Gasteiger partial charge on any atom is -0.497 e. The van der Waals surface area contributed by atoms with E-state index >= 15 is 0 Å². The van der Waals surface area contributed by atoms with Crippen LogP contribution in [-0.4, -0.2) is 49.0 Å². The van der Waals surface area contributed by atoms with Gasteiger partial charge in [0, 0.05) is 24.2 Å². The van der Waals surface area contributed by atoms with Gasteiger partial charge in [0.05, 0.1) is 12.0 Å². The standard InChI is InChI=1S/C21H22N4O5S/c1-29-17-9-5-16(6-10-17)20-23-24-21(30-20)22-19(26)15-7-11-18(12-8-15)31(27,28)25-13-3-2-4-14-25/h5-12H,2-4,13-14H2,1H3,(H,22,24,26). The highest BCUT2D eigenvalue weighted by Crippen LogP contribution is 2.24. The first kappa shape index (κ1) is 21.0. The Morgan fingerprint density at radius 2 is 1.68 bits per heavy atom. The summed E-state index contributed by atoms with van der Waals surface area (Å²) in [5.74, 6) is 0.468. The lowest BCUT2D eigenvalue weighted by Crippen LogP contribution is -2.35. The number of carbonyl (C=O) groups is 1. The van der Waals surface area contributed by atoms with Crippen molar-refractivity contribution in [2.45, 2.75) is 24.2 Å². The molecule has 0 saturated carbocycles. The van der Waals surface area contributed by atoms with Crippen LogP contribution in [0.4, 0.5) is 6.01 Å². The molecule has 1 aromatic heterocycles. The Balaban J connectivity index is 1.43. The molecule has 3 aromatic rings. The maximum atomic E-state index is 12.7. The molecule has 0 spiro atoms. The minimum atomic E-state index is -3.54. The van der Waals surface area contributed by atoms with E-state index in [1.54, 1.807) is 31.4 Å². The predicted molar refractivity (Wildman–Crippen MR) is 113 cm³/mol. The number of aromatic nitrogens is 2. The molecule has 1 fully saturated rings. The van der Waals surface area contributed by atoms with Crippen molar-refractivity contribution in [1.29, 1.82) is 0 Å². The van der Waals surface area contributed by atoms with Crippen LogP contribution < -0.4 is 10.1 Å². The Hall–Kier alpha value is -3.24. The van der Waals surface area contributed by atoms with Crippen molar-refractivity contribution in [2.24, 2.45) is 0 Å². The Kier molecular flexibility index (Phi) is 6.01. The topological polar surface area (TPSA) is 115 Å². The monoisotopic (exact) mass is 442 g/mol. The Bertz CT molecular complexity index is 1150. The van der Waals surface area contributed by atoms with Crippen molar-refractivity contribution in [2.75, 3.05) is 25.5 Å². The fourth-order valence-electron chi connectivity index (χ4n) is 3.33. The maximum absolute atomic E-state index is 12.7. The van der Waals surface area contributed by atoms with Gasteiger partial charge in [-0.25, -0.2) is 8.42 Å². The molecule has 0 unspecified atom stereocenters. The Morgan fingerprint density at radius 3 is 2.32 bits per heavy atom. The summed E-state index contributed by atoms with van der Waals surface area (Å²) in [6, 6.07) is 12.8. The van der Waals surface area contributed by atoms with E-state index in [9.17, 15) is 13.2 Å². The first-order chi connectivity index (χ1) is 15.0. The number of benzene rings is 2. The highest BCUT2D eigenvalue weighted by molar-refractivity contribution is 7.89. The lowest BCUT2D eigenvalue weighted by Gasteiger charge is -2.25. The van der Waals surface area contributed by atoms with Gasteiger partial charge in [0.1, 0.15) is 5.75 Å². The van der Waals surface area contributed by atoms with Gasteiger partial charge in [-0.3, -0.25) is 10.1 Å². The molecule has 2 heterocycles. The molecule has 1 amide bonds. The molecule has 0 radical (unpaired) electrons. The number of ether oxygens (including phenoxy) is 1. The largest absolute Gasteiger partial charge is 0.497 e. The summed E-state index contributed by atoms with van der Waals surface area (Å²) in [6.07, 6.45) is 2.77. The molecule has 162 valence electrons. The van der Waals surface area contributed by atoms with Crippen molar-refractivity contribution in [3.05, 3.63) is 54.1 Å². The van der Waals surface area contributed by atoms with Crippen molar-refractivity contribution in [3.63, 3.8) is 0 Å². The lowest BCUT2D eigenvalue weighted by atomic mass is 10.2. The summed E-state index contributed by atoms with van der Waals surface area (Å²) in [6.45, 7) is 1.05. The van der Waals surface area contributed by atoms with Gasteiger partial charge in [0.2, 0.25) is 15.9 Å². The first-order valence-electron chi connectivity index (χ1n) is 9.87. The molecular weight excluding hydrogens is 420 g/mol. The van der Waals surface area contributed by atoms with Crippen molar-refractivity contribution >= 4 is 21.9 Å². The summed E-state index contributed by atoms with van der Waals surface area (Å²) < 4.78 is 37.5. The third-order valence-corrected chi connectivity index (χ3v) is 6.96. The number of nitrogens with zero attached hydrogens (tertiary/aromatic N) is 3. The zero-order valence-electron chi connectivity index (χ0n) is 16.9. The van der Waals surface area contributed by atoms with Gasteiger partial charge in [-0.1, -0.05) is 11.5 Å². The van der Waals surface area contributed by atoms with Crippen molar-refractivity contribution < 1.29 is 22.4 Å². The van der Waals surface area contributed by atoms with Crippen LogP contribution in [-0.2, 0) is 10.0 Å². The number of rotatable bonds is 6. The predicted octanol–water partition coefficient (Wildman–Crippen LogP) is 3.17. The average Bonchev–Trinajstić information content (AvgIpc) is 3.28. The van der Waals surface area contributed by atoms with Gasteiger partial charge in [-0.15, -0.1) is 5.10 Å². The van der Waals surface area contributed by atoms with Gasteiger partial charge in [0.25, 0.3) is 5.91 Å². The molecule has 1 saturated heterocycles. The number of nitrogens with one attached hydrogen (secondary N) is 1.